The summed E-state index contributed by atoms with van der Waals surface area (Å²) in [5, 5.41) is 2.97. The molecular formula is C20H30ClN3O2. The van der Waals surface area contributed by atoms with E-state index in [1.165, 1.54) is 12.8 Å². The molecule has 0 bridgehead atoms. The lowest BCUT2D eigenvalue weighted by atomic mass is 9.85. The Bertz CT molecular complexity index is 598. The maximum atomic E-state index is 12.6. The Labute approximate surface area is 162 Å². The first-order chi connectivity index (χ1) is 12.1. The van der Waals surface area contributed by atoms with Crippen molar-refractivity contribution in [3.63, 3.8) is 0 Å². The van der Waals surface area contributed by atoms with Gasteiger partial charge >= 0.3 is 0 Å². The highest BCUT2D eigenvalue weighted by Crippen LogP contribution is 2.24. The number of hydrogen-bond acceptors (Lipinski definition) is 3. The minimum atomic E-state index is 0. The van der Waals surface area contributed by atoms with Gasteiger partial charge in [0.15, 0.2) is 0 Å². The SMILES string of the molecule is Cl.NC1CCCC(C(=O)Nc2ccc(C(=O)N3CCCCCC3)cc2)C1. The van der Waals surface area contributed by atoms with E-state index in [0.717, 1.165) is 57.3 Å². The van der Waals surface area contributed by atoms with Crippen LogP contribution in [0.3, 0.4) is 0 Å². The number of benzene rings is 1. The second-order valence-electron chi connectivity index (χ2n) is 7.40. The highest BCUT2D eigenvalue weighted by atomic mass is 35.5. The topological polar surface area (TPSA) is 75.4 Å². The molecule has 0 radical (unpaired) electrons. The Hall–Kier alpha value is -1.59. The van der Waals surface area contributed by atoms with Crippen LogP contribution >= 0.6 is 12.4 Å². The molecule has 0 spiro atoms. The second-order valence-corrected chi connectivity index (χ2v) is 7.40. The summed E-state index contributed by atoms with van der Waals surface area (Å²) in [6.45, 7) is 1.69. The number of nitrogens with one attached hydrogen (secondary N) is 1. The summed E-state index contributed by atoms with van der Waals surface area (Å²) in [4.78, 5) is 26.9. The Morgan fingerprint density at radius 1 is 0.962 bits per heavy atom. The van der Waals surface area contributed by atoms with E-state index in [1.807, 2.05) is 29.2 Å². The van der Waals surface area contributed by atoms with E-state index in [2.05, 4.69) is 5.32 Å². The van der Waals surface area contributed by atoms with Gasteiger partial charge in [-0.3, -0.25) is 9.59 Å². The van der Waals surface area contributed by atoms with Crippen LogP contribution in [0, 0.1) is 5.92 Å². The van der Waals surface area contributed by atoms with Gasteiger partial charge in [0.2, 0.25) is 5.91 Å². The number of nitrogens with zero attached hydrogens (tertiary/aromatic N) is 1. The molecule has 0 aromatic heterocycles. The molecule has 1 saturated carbocycles. The lowest BCUT2D eigenvalue weighted by molar-refractivity contribution is -0.120. The number of anilines is 1. The molecule has 3 N–H and O–H groups in total. The van der Waals surface area contributed by atoms with Crippen LogP contribution in [0.1, 0.15) is 61.7 Å². The largest absolute Gasteiger partial charge is 0.339 e. The number of halogens is 1. The molecule has 26 heavy (non-hydrogen) atoms. The maximum Gasteiger partial charge on any atom is 0.253 e. The first-order valence-electron chi connectivity index (χ1n) is 9.59. The van der Waals surface area contributed by atoms with Crippen LogP contribution in [-0.2, 0) is 4.79 Å². The predicted octanol–water partition coefficient (Wildman–Crippen LogP) is 3.58. The number of likely N-dealkylation sites (tertiary alicyclic amines) is 1. The first kappa shape index (κ1) is 20.7. The summed E-state index contributed by atoms with van der Waals surface area (Å²) < 4.78 is 0. The molecule has 2 atom stereocenters. The molecule has 5 nitrogen and oxygen atoms in total. The van der Waals surface area contributed by atoms with Crippen LogP contribution in [0.15, 0.2) is 24.3 Å². The number of carbonyl (C=O) groups is 2. The van der Waals surface area contributed by atoms with Crippen molar-refractivity contribution in [2.45, 2.75) is 57.4 Å². The normalized spacial score (nSPS) is 23.5. The summed E-state index contributed by atoms with van der Waals surface area (Å²) in [6, 6.07) is 7.42. The molecule has 1 aliphatic carbocycles. The zero-order valence-corrected chi connectivity index (χ0v) is 16.1. The van der Waals surface area contributed by atoms with Gasteiger partial charge in [-0.1, -0.05) is 19.3 Å². The van der Waals surface area contributed by atoms with Crippen LogP contribution in [0.25, 0.3) is 0 Å². The highest BCUT2D eigenvalue weighted by Gasteiger charge is 2.25. The van der Waals surface area contributed by atoms with E-state index in [4.69, 9.17) is 5.73 Å². The molecule has 1 heterocycles. The van der Waals surface area contributed by atoms with Gasteiger partial charge in [0.05, 0.1) is 0 Å². The highest BCUT2D eigenvalue weighted by molar-refractivity contribution is 5.96. The monoisotopic (exact) mass is 379 g/mol. The molecule has 144 valence electrons. The van der Waals surface area contributed by atoms with Crippen molar-refractivity contribution in [3.8, 4) is 0 Å². The van der Waals surface area contributed by atoms with Gasteiger partial charge in [0.25, 0.3) is 5.91 Å². The van der Waals surface area contributed by atoms with Crippen LogP contribution in [0.5, 0.6) is 0 Å². The van der Waals surface area contributed by atoms with Crippen LogP contribution in [0.2, 0.25) is 0 Å². The van der Waals surface area contributed by atoms with Gasteiger partial charge < -0.3 is 16.0 Å². The first-order valence-corrected chi connectivity index (χ1v) is 9.59. The summed E-state index contributed by atoms with van der Waals surface area (Å²) in [5.74, 6) is 0.141. The molecule has 2 fully saturated rings. The summed E-state index contributed by atoms with van der Waals surface area (Å²) in [6.07, 6.45) is 8.29. The molecular weight excluding hydrogens is 350 g/mol. The van der Waals surface area contributed by atoms with Crippen molar-refractivity contribution in [2.24, 2.45) is 11.7 Å². The van der Waals surface area contributed by atoms with E-state index in [9.17, 15) is 9.59 Å². The molecule has 6 heteroatoms. The average molecular weight is 380 g/mol. The predicted molar refractivity (Wildman–Crippen MR) is 107 cm³/mol. The third-order valence-corrected chi connectivity index (χ3v) is 5.38. The van der Waals surface area contributed by atoms with Crippen LogP contribution in [-0.4, -0.2) is 35.8 Å². The standard InChI is InChI=1S/C20H29N3O2.ClH/c21-17-7-5-6-16(14-17)19(24)22-18-10-8-15(9-11-18)20(25)23-12-3-1-2-4-13-23;/h8-11,16-17H,1-7,12-14,21H2,(H,22,24);1H. The van der Waals surface area contributed by atoms with E-state index in [1.54, 1.807) is 0 Å². The van der Waals surface area contributed by atoms with Gasteiger partial charge in [-0.15, -0.1) is 12.4 Å². The van der Waals surface area contributed by atoms with Crippen molar-refractivity contribution < 1.29 is 9.59 Å². The van der Waals surface area contributed by atoms with Gasteiger partial charge in [-0.25, -0.2) is 0 Å². The molecule has 1 aromatic rings. The van der Waals surface area contributed by atoms with E-state index in [0.29, 0.717) is 5.56 Å². The number of carbonyl (C=O) groups excluding carboxylic acids is 2. The van der Waals surface area contributed by atoms with Crippen LogP contribution < -0.4 is 11.1 Å². The van der Waals surface area contributed by atoms with Crippen molar-refractivity contribution in [2.75, 3.05) is 18.4 Å². The van der Waals surface area contributed by atoms with Gasteiger partial charge in [-0.05, 0) is 56.4 Å². The molecule has 1 aliphatic heterocycles. The van der Waals surface area contributed by atoms with E-state index < -0.39 is 0 Å². The fourth-order valence-electron chi connectivity index (χ4n) is 3.86. The van der Waals surface area contributed by atoms with Crippen molar-refractivity contribution in [1.82, 2.24) is 4.90 Å². The Morgan fingerprint density at radius 3 is 2.23 bits per heavy atom. The second kappa shape index (κ2) is 9.93. The van der Waals surface area contributed by atoms with Gasteiger partial charge in [0, 0.05) is 36.3 Å². The van der Waals surface area contributed by atoms with Crippen molar-refractivity contribution >= 4 is 29.9 Å². The fraction of sp³-hybridized carbons (Fsp3) is 0.600. The molecule has 2 unspecified atom stereocenters. The lowest BCUT2D eigenvalue weighted by Gasteiger charge is -2.25. The third-order valence-electron chi connectivity index (χ3n) is 5.38. The molecule has 2 aliphatic rings. The third kappa shape index (κ3) is 5.45. The smallest absolute Gasteiger partial charge is 0.253 e. The van der Waals surface area contributed by atoms with Gasteiger partial charge in [0.1, 0.15) is 0 Å². The number of hydrogen-bond donors (Lipinski definition) is 2. The number of amides is 2. The zero-order valence-electron chi connectivity index (χ0n) is 15.3. The van der Waals surface area contributed by atoms with Crippen LogP contribution in [0.4, 0.5) is 5.69 Å². The molecule has 1 saturated heterocycles. The summed E-state index contributed by atoms with van der Waals surface area (Å²) >= 11 is 0. The minimum absolute atomic E-state index is 0. The number of nitrogens with two attached hydrogens (primary N) is 1. The van der Waals surface area contributed by atoms with E-state index >= 15 is 0 Å². The Morgan fingerprint density at radius 2 is 1.62 bits per heavy atom. The minimum Gasteiger partial charge on any atom is -0.339 e. The summed E-state index contributed by atoms with van der Waals surface area (Å²) in [5.41, 5.74) is 7.41. The Balaban J connectivity index is 0.00000243. The summed E-state index contributed by atoms with van der Waals surface area (Å²) in [7, 11) is 0. The fourth-order valence-corrected chi connectivity index (χ4v) is 3.86. The molecule has 3 rings (SSSR count). The van der Waals surface area contributed by atoms with Crippen molar-refractivity contribution in [1.29, 1.82) is 0 Å². The molecule has 2 amide bonds. The quantitative estimate of drug-likeness (QED) is 0.842. The Kier molecular flexibility index (Phi) is 7.91. The zero-order chi connectivity index (χ0) is 17.6. The van der Waals surface area contributed by atoms with Crippen molar-refractivity contribution in [3.05, 3.63) is 29.8 Å². The van der Waals surface area contributed by atoms with Gasteiger partial charge in [-0.2, -0.15) is 0 Å². The molecule has 1 aromatic carbocycles. The average Bonchev–Trinajstić information content (AvgIpc) is 2.91. The maximum absolute atomic E-state index is 12.6. The number of rotatable bonds is 3. The van der Waals surface area contributed by atoms with E-state index in [-0.39, 0.29) is 36.2 Å². The lowest BCUT2D eigenvalue weighted by Crippen LogP contribution is -2.34.